The van der Waals surface area contributed by atoms with Crippen LogP contribution < -0.4 is 5.73 Å². The lowest BCUT2D eigenvalue weighted by atomic mass is 9.90. The van der Waals surface area contributed by atoms with E-state index in [4.69, 9.17) is 20.3 Å². The SMILES string of the molecule is CCOC(=O)[C@](OCc1ccccc1)(C(=O)O)C(C)C.N[C@@H](CO)[C@@H](O)c1ccc([N+](=O)[O-])cc1. The number of aliphatic hydroxyl groups is 2. The molecular weight excluding hydrogens is 460 g/mol. The van der Waals surface area contributed by atoms with Crippen LogP contribution in [-0.2, 0) is 25.7 Å². The number of hydrogen-bond donors (Lipinski definition) is 4. The highest BCUT2D eigenvalue weighted by Crippen LogP contribution is 2.26. The fourth-order valence-electron chi connectivity index (χ4n) is 3.01. The van der Waals surface area contributed by atoms with Crippen molar-refractivity contribution in [2.24, 2.45) is 11.7 Å². The van der Waals surface area contributed by atoms with E-state index in [0.717, 1.165) is 5.56 Å². The first-order valence-corrected chi connectivity index (χ1v) is 10.9. The number of nitro benzene ring substituents is 1. The van der Waals surface area contributed by atoms with Crippen LogP contribution in [0.25, 0.3) is 0 Å². The number of benzene rings is 2. The zero-order valence-corrected chi connectivity index (χ0v) is 19.9. The van der Waals surface area contributed by atoms with Crippen LogP contribution in [0.3, 0.4) is 0 Å². The van der Waals surface area contributed by atoms with Gasteiger partial charge in [0.15, 0.2) is 0 Å². The van der Waals surface area contributed by atoms with E-state index in [9.17, 15) is 29.9 Å². The van der Waals surface area contributed by atoms with Gasteiger partial charge in [0.2, 0.25) is 0 Å². The maximum Gasteiger partial charge on any atom is 0.350 e. The lowest BCUT2D eigenvalue weighted by Gasteiger charge is -2.30. The van der Waals surface area contributed by atoms with Crippen molar-refractivity contribution in [3.05, 3.63) is 75.8 Å². The van der Waals surface area contributed by atoms with E-state index in [0.29, 0.717) is 5.56 Å². The highest BCUT2D eigenvalue weighted by Gasteiger charge is 2.52. The highest BCUT2D eigenvalue weighted by atomic mass is 16.6. The third kappa shape index (κ3) is 8.11. The van der Waals surface area contributed by atoms with Crippen LogP contribution in [0.4, 0.5) is 5.69 Å². The Morgan fingerprint density at radius 3 is 2.11 bits per heavy atom. The number of nitrogens with zero attached hydrogens (tertiary/aromatic N) is 1. The maximum absolute atomic E-state index is 12.0. The Bertz CT molecular complexity index is 951. The van der Waals surface area contributed by atoms with E-state index in [1.165, 1.54) is 24.3 Å². The summed E-state index contributed by atoms with van der Waals surface area (Å²) in [4.78, 5) is 33.4. The van der Waals surface area contributed by atoms with Crippen LogP contribution in [0.15, 0.2) is 54.6 Å². The third-order valence-electron chi connectivity index (χ3n) is 5.08. The Morgan fingerprint density at radius 1 is 1.11 bits per heavy atom. The molecule has 11 nitrogen and oxygen atoms in total. The van der Waals surface area contributed by atoms with E-state index in [1.54, 1.807) is 32.9 Å². The Morgan fingerprint density at radius 2 is 1.69 bits per heavy atom. The minimum Gasteiger partial charge on any atom is -0.479 e. The first kappa shape index (κ1) is 29.7. The van der Waals surface area contributed by atoms with Gasteiger partial charge in [-0.25, -0.2) is 9.59 Å². The number of carbonyl (C=O) groups excluding carboxylic acids is 1. The van der Waals surface area contributed by atoms with Gasteiger partial charge in [0.1, 0.15) is 0 Å². The third-order valence-corrected chi connectivity index (χ3v) is 5.08. The van der Waals surface area contributed by atoms with E-state index in [1.807, 2.05) is 18.2 Å². The Balaban J connectivity index is 0.000000365. The van der Waals surface area contributed by atoms with Gasteiger partial charge in [-0.2, -0.15) is 0 Å². The number of carboxylic acid groups (broad SMARTS) is 1. The first-order chi connectivity index (χ1) is 16.5. The van der Waals surface area contributed by atoms with Crippen molar-refractivity contribution in [2.75, 3.05) is 13.2 Å². The van der Waals surface area contributed by atoms with Gasteiger partial charge in [-0.3, -0.25) is 10.1 Å². The Hall–Kier alpha value is -3.38. The lowest BCUT2D eigenvalue weighted by Crippen LogP contribution is -2.54. The van der Waals surface area contributed by atoms with Gasteiger partial charge in [0.05, 0.1) is 36.9 Å². The average molecular weight is 493 g/mol. The predicted molar refractivity (Wildman–Crippen MR) is 126 cm³/mol. The minimum absolute atomic E-state index is 0.0319. The summed E-state index contributed by atoms with van der Waals surface area (Å²) in [6, 6.07) is 13.7. The molecule has 0 aliphatic heterocycles. The van der Waals surface area contributed by atoms with Gasteiger partial charge in [-0.1, -0.05) is 44.2 Å². The van der Waals surface area contributed by atoms with Gasteiger partial charge < -0.3 is 30.5 Å². The molecule has 0 bridgehead atoms. The summed E-state index contributed by atoms with van der Waals surface area (Å²) < 4.78 is 10.4. The second kappa shape index (κ2) is 14.1. The molecule has 0 unspecified atom stereocenters. The summed E-state index contributed by atoms with van der Waals surface area (Å²) >= 11 is 0. The van der Waals surface area contributed by atoms with Gasteiger partial charge in [0, 0.05) is 18.1 Å². The van der Waals surface area contributed by atoms with Crippen molar-refractivity contribution >= 4 is 17.6 Å². The molecule has 11 heteroatoms. The fraction of sp³-hybridized carbons (Fsp3) is 0.417. The molecule has 0 spiro atoms. The maximum atomic E-state index is 12.0. The van der Waals surface area contributed by atoms with Gasteiger partial charge in [0.25, 0.3) is 11.3 Å². The molecule has 5 N–H and O–H groups in total. The quantitative estimate of drug-likeness (QED) is 0.157. The van der Waals surface area contributed by atoms with Crippen LogP contribution in [0.2, 0.25) is 0 Å². The number of carbonyl (C=O) groups is 2. The largest absolute Gasteiger partial charge is 0.479 e. The zero-order chi connectivity index (χ0) is 26.6. The number of aliphatic hydroxyl groups excluding tert-OH is 2. The number of carboxylic acids is 1. The lowest BCUT2D eigenvalue weighted by molar-refractivity contribution is -0.384. The number of nitro groups is 1. The highest BCUT2D eigenvalue weighted by molar-refractivity contribution is 6.03. The fourth-order valence-corrected chi connectivity index (χ4v) is 3.01. The van der Waals surface area contributed by atoms with Crippen molar-refractivity contribution in [1.29, 1.82) is 0 Å². The summed E-state index contributed by atoms with van der Waals surface area (Å²) in [5.74, 6) is -2.75. The number of non-ortho nitro benzene ring substituents is 1. The molecule has 0 saturated heterocycles. The van der Waals surface area contributed by atoms with Crippen LogP contribution >= 0.6 is 0 Å². The summed E-state index contributed by atoms with van der Waals surface area (Å²) in [7, 11) is 0. The molecule has 0 saturated carbocycles. The van der Waals surface area contributed by atoms with E-state index in [2.05, 4.69) is 0 Å². The molecule has 0 aliphatic rings. The molecule has 0 radical (unpaired) electrons. The normalized spacial score (nSPS) is 14.1. The Labute approximate surface area is 203 Å². The standard InChI is InChI=1S/C15H20O5.C9H12N2O4/c1-4-19-14(18)15(11(2)3,13(16)17)20-10-12-8-6-5-7-9-12;10-8(5-12)9(13)6-1-3-7(4-2-6)11(14)15/h5-9,11H,4,10H2,1-3H3,(H,16,17);1-4,8-9,12-13H,5,10H2/t15-;8-,9-/m10/s1. The number of nitrogens with two attached hydrogens (primary N) is 1. The molecule has 2 aromatic carbocycles. The molecule has 3 atom stereocenters. The second-order valence-corrected chi connectivity index (χ2v) is 7.83. The topological polar surface area (TPSA) is 182 Å². The van der Waals surface area contributed by atoms with Crippen LogP contribution in [0.1, 0.15) is 38.0 Å². The van der Waals surface area contributed by atoms with Crippen molar-refractivity contribution in [3.63, 3.8) is 0 Å². The van der Waals surface area contributed by atoms with Crippen LogP contribution in [0, 0.1) is 16.0 Å². The van der Waals surface area contributed by atoms with Crippen LogP contribution in [0.5, 0.6) is 0 Å². The van der Waals surface area contributed by atoms with Crippen molar-refractivity contribution < 1.29 is 39.3 Å². The summed E-state index contributed by atoms with van der Waals surface area (Å²) in [5, 5.41) is 38.1. The number of esters is 1. The van der Waals surface area contributed by atoms with Gasteiger partial charge in [-0.15, -0.1) is 0 Å². The molecule has 0 aromatic heterocycles. The molecule has 2 aromatic rings. The monoisotopic (exact) mass is 492 g/mol. The van der Waals surface area contributed by atoms with Crippen molar-refractivity contribution in [3.8, 4) is 0 Å². The molecule has 35 heavy (non-hydrogen) atoms. The number of ether oxygens (including phenoxy) is 2. The average Bonchev–Trinajstić information content (AvgIpc) is 2.84. The summed E-state index contributed by atoms with van der Waals surface area (Å²) in [6.45, 7) is 4.66. The van der Waals surface area contributed by atoms with Crippen LogP contribution in [-0.4, -0.2) is 57.0 Å². The van der Waals surface area contributed by atoms with Crippen molar-refractivity contribution in [2.45, 2.75) is 45.1 Å². The number of aliphatic carboxylic acids is 1. The summed E-state index contributed by atoms with van der Waals surface area (Å²) in [5.41, 5.74) is 4.62. The van der Waals surface area contributed by atoms with E-state index in [-0.39, 0.29) is 25.5 Å². The smallest absolute Gasteiger partial charge is 0.350 e. The van der Waals surface area contributed by atoms with Gasteiger partial charge >= 0.3 is 11.9 Å². The molecule has 0 heterocycles. The molecule has 0 fully saturated rings. The van der Waals surface area contributed by atoms with E-state index >= 15 is 0 Å². The molecule has 192 valence electrons. The molecular formula is C24H32N2O9. The zero-order valence-electron chi connectivity index (χ0n) is 19.9. The minimum atomic E-state index is -1.98. The van der Waals surface area contributed by atoms with Crippen molar-refractivity contribution in [1.82, 2.24) is 0 Å². The molecule has 0 amide bonds. The summed E-state index contributed by atoms with van der Waals surface area (Å²) in [6.07, 6.45) is -1.02. The number of rotatable bonds is 11. The predicted octanol–water partition coefficient (Wildman–Crippen LogP) is 2.19. The van der Waals surface area contributed by atoms with Gasteiger partial charge in [-0.05, 0) is 30.2 Å². The number of hydrogen-bond acceptors (Lipinski definition) is 9. The first-order valence-electron chi connectivity index (χ1n) is 10.9. The molecule has 0 aliphatic carbocycles. The Kier molecular flexibility index (Phi) is 12.0. The second-order valence-electron chi connectivity index (χ2n) is 7.83. The molecule has 2 rings (SSSR count). The van der Waals surface area contributed by atoms with E-state index < -0.39 is 40.5 Å².